The smallest absolute Gasteiger partial charge is 0.00965 e. The Morgan fingerprint density at radius 2 is 1.81 bits per heavy atom. The van der Waals surface area contributed by atoms with Crippen LogP contribution in [-0.4, -0.2) is 36.6 Å². The van der Waals surface area contributed by atoms with Crippen LogP contribution in [0, 0.1) is 0 Å². The van der Waals surface area contributed by atoms with E-state index >= 15 is 0 Å². The molecule has 0 aliphatic heterocycles. The standard InChI is InChI=1S/C14H32N2/c1-7-10-13(2)16(6)12-9-8-11-15-14(3,4)5/h13,15H,7-12H2,1-6H3. The molecule has 1 atom stereocenters. The van der Waals surface area contributed by atoms with Gasteiger partial charge in [0, 0.05) is 11.6 Å². The fourth-order valence-corrected chi connectivity index (χ4v) is 1.81. The average Bonchev–Trinajstić information content (AvgIpc) is 2.15. The topological polar surface area (TPSA) is 15.3 Å². The SMILES string of the molecule is CCCC(C)N(C)CCCCNC(C)(C)C. The second-order valence-electron chi connectivity index (χ2n) is 6.00. The van der Waals surface area contributed by atoms with E-state index in [9.17, 15) is 0 Å². The first-order chi connectivity index (χ1) is 7.37. The first-order valence-electron chi connectivity index (χ1n) is 6.82. The van der Waals surface area contributed by atoms with Crippen LogP contribution in [0.25, 0.3) is 0 Å². The molecule has 0 aliphatic rings. The Balaban J connectivity index is 3.44. The molecular weight excluding hydrogens is 196 g/mol. The molecule has 0 saturated carbocycles. The van der Waals surface area contributed by atoms with Crippen LogP contribution in [0.4, 0.5) is 0 Å². The predicted molar refractivity (Wildman–Crippen MR) is 74.0 cm³/mol. The van der Waals surface area contributed by atoms with Crippen LogP contribution in [0.5, 0.6) is 0 Å². The van der Waals surface area contributed by atoms with E-state index < -0.39 is 0 Å². The molecule has 98 valence electrons. The molecule has 16 heavy (non-hydrogen) atoms. The van der Waals surface area contributed by atoms with Crippen molar-refractivity contribution in [2.45, 2.75) is 71.9 Å². The highest BCUT2D eigenvalue weighted by Crippen LogP contribution is 2.05. The lowest BCUT2D eigenvalue weighted by Gasteiger charge is -2.25. The minimum absolute atomic E-state index is 0.265. The summed E-state index contributed by atoms with van der Waals surface area (Å²) < 4.78 is 0. The molecule has 0 aliphatic carbocycles. The van der Waals surface area contributed by atoms with E-state index in [1.165, 1.54) is 32.2 Å². The molecule has 0 saturated heterocycles. The summed E-state index contributed by atoms with van der Waals surface area (Å²) in [6.45, 7) is 13.6. The lowest BCUT2D eigenvalue weighted by atomic mass is 10.1. The van der Waals surface area contributed by atoms with Crippen molar-refractivity contribution in [2.24, 2.45) is 0 Å². The van der Waals surface area contributed by atoms with Gasteiger partial charge in [-0.15, -0.1) is 0 Å². The third-order valence-electron chi connectivity index (χ3n) is 3.05. The molecule has 0 aromatic rings. The zero-order valence-electron chi connectivity index (χ0n) is 12.3. The Bertz CT molecular complexity index is 161. The van der Waals surface area contributed by atoms with Crippen LogP contribution < -0.4 is 5.32 Å². The van der Waals surface area contributed by atoms with Crippen LogP contribution >= 0.6 is 0 Å². The lowest BCUT2D eigenvalue weighted by molar-refractivity contribution is 0.239. The van der Waals surface area contributed by atoms with Gasteiger partial charge in [-0.25, -0.2) is 0 Å². The summed E-state index contributed by atoms with van der Waals surface area (Å²) in [5, 5.41) is 3.53. The molecule has 0 heterocycles. The third kappa shape index (κ3) is 9.17. The number of rotatable bonds is 8. The first-order valence-corrected chi connectivity index (χ1v) is 6.82. The molecule has 0 aromatic carbocycles. The summed E-state index contributed by atoms with van der Waals surface area (Å²) in [6.07, 6.45) is 5.18. The Hall–Kier alpha value is -0.0800. The molecule has 0 radical (unpaired) electrons. The second kappa shape index (κ2) is 8.08. The number of hydrogen-bond acceptors (Lipinski definition) is 2. The van der Waals surface area contributed by atoms with Gasteiger partial charge in [-0.1, -0.05) is 13.3 Å². The molecule has 0 amide bonds. The molecule has 2 nitrogen and oxygen atoms in total. The Labute approximate surface area is 103 Å². The average molecular weight is 228 g/mol. The Morgan fingerprint density at radius 3 is 2.31 bits per heavy atom. The van der Waals surface area contributed by atoms with Gasteiger partial charge in [0.05, 0.1) is 0 Å². The third-order valence-corrected chi connectivity index (χ3v) is 3.05. The van der Waals surface area contributed by atoms with Gasteiger partial charge >= 0.3 is 0 Å². The minimum Gasteiger partial charge on any atom is -0.312 e. The molecule has 0 fully saturated rings. The van der Waals surface area contributed by atoms with Crippen molar-refractivity contribution < 1.29 is 0 Å². The lowest BCUT2D eigenvalue weighted by Crippen LogP contribution is -2.37. The van der Waals surface area contributed by atoms with E-state index in [0.717, 1.165) is 12.6 Å². The summed E-state index contributed by atoms with van der Waals surface area (Å²) in [5.74, 6) is 0. The highest BCUT2D eigenvalue weighted by atomic mass is 15.1. The zero-order chi connectivity index (χ0) is 12.6. The quantitative estimate of drug-likeness (QED) is 0.641. The molecule has 1 N–H and O–H groups in total. The Morgan fingerprint density at radius 1 is 1.19 bits per heavy atom. The molecule has 1 unspecified atom stereocenters. The molecule has 0 spiro atoms. The molecule has 2 heteroatoms. The molecule has 0 bridgehead atoms. The van der Waals surface area contributed by atoms with Crippen molar-refractivity contribution in [1.82, 2.24) is 10.2 Å². The van der Waals surface area contributed by atoms with E-state index in [0.29, 0.717) is 0 Å². The molecule has 0 aromatic heterocycles. The number of nitrogens with one attached hydrogen (secondary N) is 1. The monoisotopic (exact) mass is 228 g/mol. The van der Waals surface area contributed by atoms with Crippen LogP contribution in [-0.2, 0) is 0 Å². The van der Waals surface area contributed by atoms with Crippen molar-refractivity contribution in [3.63, 3.8) is 0 Å². The summed E-state index contributed by atoms with van der Waals surface area (Å²) in [7, 11) is 2.25. The number of nitrogens with zero attached hydrogens (tertiary/aromatic N) is 1. The highest BCUT2D eigenvalue weighted by molar-refractivity contribution is 4.70. The van der Waals surface area contributed by atoms with Gasteiger partial charge < -0.3 is 10.2 Å². The first kappa shape index (κ1) is 15.9. The summed E-state index contributed by atoms with van der Waals surface area (Å²) in [4.78, 5) is 2.49. The maximum atomic E-state index is 3.53. The largest absolute Gasteiger partial charge is 0.312 e. The normalized spacial score (nSPS) is 14.4. The van der Waals surface area contributed by atoms with Crippen molar-refractivity contribution in [2.75, 3.05) is 20.1 Å². The van der Waals surface area contributed by atoms with Gasteiger partial charge in [0.1, 0.15) is 0 Å². The van der Waals surface area contributed by atoms with E-state index in [-0.39, 0.29) is 5.54 Å². The Kier molecular flexibility index (Phi) is 8.04. The summed E-state index contributed by atoms with van der Waals surface area (Å²) in [5.41, 5.74) is 0.265. The van der Waals surface area contributed by atoms with Crippen molar-refractivity contribution in [1.29, 1.82) is 0 Å². The zero-order valence-corrected chi connectivity index (χ0v) is 12.3. The van der Waals surface area contributed by atoms with E-state index in [2.05, 4.69) is 51.9 Å². The van der Waals surface area contributed by atoms with Crippen LogP contribution in [0.1, 0.15) is 60.3 Å². The second-order valence-corrected chi connectivity index (χ2v) is 6.00. The van der Waals surface area contributed by atoms with Crippen molar-refractivity contribution in [3.05, 3.63) is 0 Å². The number of hydrogen-bond donors (Lipinski definition) is 1. The van der Waals surface area contributed by atoms with Gasteiger partial charge in [0.25, 0.3) is 0 Å². The molecular formula is C14H32N2. The van der Waals surface area contributed by atoms with Crippen molar-refractivity contribution >= 4 is 0 Å². The van der Waals surface area contributed by atoms with Gasteiger partial charge in [-0.3, -0.25) is 0 Å². The van der Waals surface area contributed by atoms with E-state index in [1.54, 1.807) is 0 Å². The number of unbranched alkanes of at least 4 members (excludes halogenated alkanes) is 1. The van der Waals surface area contributed by atoms with Crippen LogP contribution in [0.2, 0.25) is 0 Å². The van der Waals surface area contributed by atoms with E-state index in [1.807, 2.05) is 0 Å². The highest BCUT2D eigenvalue weighted by Gasteiger charge is 2.09. The van der Waals surface area contributed by atoms with Crippen molar-refractivity contribution in [3.8, 4) is 0 Å². The maximum absolute atomic E-state index is 3.53. The van der Waals surface area contributed by atoms with Gasteiger partial charge in [-0.05, 0) is 67.1 Å². The minimum atomic E-state index is 0.265. The van der Waals surface area contributed by atoms with Crippen LogP contribution in [0.15, 0.2) is 0 Å². The molecule has 0 rings (SSSR count). The summed E-state index contributed by atoms with van der Waals surface area (Å²) in [6, 6.07) is 0.737. The van der Waals surface area contributed by atoms with E-state index in [4.69, 9.17) is 0 Å². The van der Waals surface area contributed by atoms with Crippen LogP contribution in [0.3, 0.4) is 0 Å². The van der Waals surface area contributed by atoms with Gasteiger partial charge in [-0.2, -0.15) is 0 Å². The van der Waals surface area contributed by atoms with Gasteiger partial charge in [0.2, 0.25) is 0 Å². The summed E-state index contributed by atoms with van der Waals surface area (Å²) >= 11 is 0. The predicted octanol–water partition coefficient (Wildman–Crippen LogP) is 3.28. The fourth-order valence-electron chi connectivity index (χ4n) is 1.81. The maximum Gasteiger partial charge on any atom is 0.00965 e. The fraction of sp³-hybridized carbons (Fsp3) is 1.00. The van der Waals surface area contributed by atoms with Gasteiger partial charge in [0.15, 0.2) is 0 Å².